The van der Waals surface area contributed by atoms with Crippen LogP contribution in [0, 0.1) is 5.92 Å². The van der Waals surface area contributed by atoms with Crippen molar-refractivity contribution in [2.24, 2.45) is 5.92 Å². The molecule has 0 radical (unpaired) electrons. The number of rotatable bonds is 7. The molecule has 102 valence electrons. The average Bonchev–Trinajstić information content (AvgIpc) is 2.28. The summed E-state index contributed by atoms with van der Waals surface area (Å²) in [6.07, 6.45) is 1.68. The van der Waals surface area contributed by atoms with Crippen LogP contribution < -0.4 is 4.74 Å². The van der Waals surface area contributed by atoms with E-state index in [0.717, 1.165) is 12.8 Å². The van der Waals surface area contributed by atoms with Gasteiger partial charge in [-0.05, 0) is 18.4 Å². The first-order valence-electron chi connectivity index (χ1n) is 6.22. The van der Waals surface area contributed by atoms with E-state index in [4.69, 9.17) is 0 Å². The lowest BCUT2D eigenvalue weighted by Crippen LogP contribution is -2.07. The molecule has 0 aliphatic rings. The second-order valence-electron chi connectivity index (χ2n) is 4.76. The van der Waals surface area contributed by atoms with Crippen LogP contribution in [0.15, 0.2) is 24.3 Å². The molecule has 18 heavy (non-hydrogen) atoms. The fraction of sp³-hybridized carbons (Fsp3) is 0.571. The predicted molar refractivity (Wildman–Crippen MR) is 66.7 cm³/mol. The maximum absolute atomic E-state index is 12.2. The number of halogens is 2. The summed E-state index contributed by atoms with van der Waals surface area (Å²) >= 11 is 0. The summed E-state index contributed by atoms with van der Waals surface area (Å²) < 4.78 is 28.8. The van der Waals surface area contributed by atoms with Crippen molar-refractivity contribution in [3.05, 3.63) is 29.8 Å². The standard InChI is InChI=1S/C14H20F2O2/c1-10(2)6-5-8-12(17)11-7-3-4-9-13(11)18-14(15)16/h3-4,7,9-10,12,14,17H,5-6,8H2,1-2H3. The summed E-state index contributed by atoms with van der Waals surface area (Å²) in [6, 6.07) is 6.40. The summed E-state index contributed by atoms with van der Waals surface area (Å²) in [5, 5.41) is 10.0. The molecule has 0 amide bonds. The van der Waals surface area contributed by atoms with Gasteiger partial charge in [-0.25, -0.2) is 0 Å². The minimum atomic E-state index is -2.87. The Kier molecular flexibility index (Phi) is 6.05. The Labute approximate surface area is 107 Å². The molecule has 0 bridgehead atoms. The van der Waals surface area contributed by atoms with Crippen molar-refractivity contribution in [2.45, 2.75) is 45.8 Å². The Morgan fingerprint density at radius 2 is 1.83 bits per heavy atom. The number of aliphatic hydroxyl groups is 1. The molecule has 1 atom stereocenters. The predicted octanol–water partition coefficient (Wildman–Crippen LogP) is 4.15. The van der Waals surface area contributed by atoms with Crippen molar-refractivity contribution in [3.8, 4) is 5.75 Å². The number of alkyl halides is 2. The monoisotopic (exact) mass is 258 g/mol. The summed E-state index contributed by atoms with van der Waals surface area (Å²) in [5.74, 6) is 0.634. The first kappa shape index (κ1) is 14.9. The molecule has 1 rings (SSSR count). The zero-order valence-electron chi connectivity index (χ0n) is 10.8. The number of aliphatic hydroxyl groups excluding tert-OH is 1. The summed E-state index contributed by atoms with van der Waals surface area (Å²) in [4.78, 5) is 0. The van der Waals surface area contributed by atoms with E-state index in [1.165, 1.54) is 6.07 Å². The van der Waals surface area contributed by atoms with Crippen molar-refractivity contribution < 1.29 is 18.6 Å². The molecular formula is C14H20F2O2. The van der Waals surface area contributed by atoms with Gasteiger partial charge >= 0.3 is 6.61 Å². The third-order valence-electron chi connectivity index (χ3n) is 2.75. The zero-order valence-corrected chi connectivity index (χ0v) is 10.8. The van der Waals surface area contributed by atoms with E-state index in [-0.39, 0.29) is 5.75 Å². The van der Waals surface area contributed by atoms with E-state index in [1.54, 1.807) is 18.2 Å². The molecular weight excluding hydrogens is 238 g/mol. The molecule has 1 N–H and O–H groups in total. The first-order valence-corrected chi connectivity index (χ1v) is 6.22. The fourth-order valence-corrected chi connectivity index (χ4v) is 1.83. The highest BCUT2D eigenvalue weighted by molar-refractivity contribution is 5.35. The molecule has 0 heterocycles. The van der Waals surface area contributed by atoms with Crippen molar-refractivity contribution in [2.75, 3.05) is 0 Å². The van der Waals surface area contributed by atoms with Gasteiger partial charge in [0.2, 0.25) is 0 Å². The molecule has 0 fully saturated rings. The Morgan fingerprint density at radius 3 is 2.44 bits per heavy atom. The van der Waals surface area contributed by atoms with Gasteiger partial charge in [0.15, 0.2) is 0 Å². The van der Waals surface area contributed by atoms with Gasteiger partial charge in [-0.2, -0.15) is 8.78 Å². The highest BCUT2D eigenvalue weighted by Gasteiger charge is 2.15. The molecule has 2 nitrogen and oxygen atoms in total. The quantitative estimate of drug-likeness (QED) is 0.796. The molecule has 0 spiro atoms. The Hall–Kier alpha value is -1.16. The summed E-state index contributed by atoms with van der Waals surface area (Å²) in [7, 11) is 0. The van der Waals surface area contributed by atoms with Gasteiger partial charge in [0, 0.05) is 5.56 Å². The number of benzene rings is 1. The number of hydrogen-bond donors (Lipinski definition) is 1. The molecule has 0 aliphatic carbocycles. The second-order valence-corrected chi connectivity index (χ2v) is 4.76. The average molecular weight is 258 g/mol. The van der Waals surface area contributed by atoms with E-state index in [0.29, 0.717) is 17.9 Å². The third kappa shape index (κ3) is 5.00. The number of hydrogen-bond acceptors (Lipinski definition) is 2. The van der Waals surface area contributed by atoms with E-state index in [9.17, 15) is 13.9 Å². The lowest BCUT2D eigenvalue weighted by molar-refractivity contribution is -0.0516. The topological polar surface area (TPSA) is 29.5 Å². The fourth-order valence-electron chi connectivity index (χ4n) is 1.83. The highest BCUT2D eigenvalue weighted by atomic mass is 19.3. The van der Waals surface area contributed by atoms with E-state index in [2.05, 4.69) is 18.6 Å². The maximum atomic E-state index is 12.2. The molecule has 4 heteroatoms. The van der Waals surface area contributed by atoms with Gasteiger partial charge in [0.05, 0.1) is 6.10 Å². The maximum Gasteiger partial charge on any atom is 0.387 e. The second kappa shape index (κ2) is 7.31. The molecule has 0 aliphatic heterocycles. The SMILES string of the molecule is CC(C)CCCC(O)c1ccccc1OC(F)F. The Balaban J connectivity index is 2.63. The van der Waals surface area contributed by atoms with Crippen LogP contribution in [0.1, 0.15) is 44.8 Å². The zero-order chi connectivity index (χ0) is 13.5. The normalized spacial score (nSPS) is 13.1. The van der Waals surface area contributed by atoms with Gasteiger partial charge in [0.1, 0.15) is 5.75 Å². The van der Waals surface area contributed by atoms with Crippen molar-refractivity contribution in [1.29, 1.82) is 0 Å². The molecule has 1 unspecified atom stereocenters. The van der Waals surface area contributed by atoms with Crippen molar-refractivity contribution >= 4 is 0 Å². The van der Waals surface area contributed by atoms with Gasteiger partial charge < -0.3 is 9.84 Å². The Morgan fingerprint density at radius 1 is 1.17 bits per heavy atom. The molecule has 0 saturated carbocycles. The van der Waals surface area contributed by atoms with Crippen LogP contribution in [0.5, 0.6) is 5.75 Å². The van der Waals surface area contributed by atoms with Gasteiger partial charge in [-0.3, -0.25) is 0 Å². The third-order valence-corrected chi connectivity index (χ3v) is 2.75. The van der Waals surface area contributed by atoms with Crippen LogP contribution in [0.4, 0.5) is 8.78 Å². The van der Waals surface area contributed by atoms with Crippen molar-refractivity contribution in [1.82, 2.24) is 0 Å². The van der Waals surface area contributed by atoms with Crippen LogP contribution in [-0.4, -0.2) is 11.7 Å². The highest BCUT2D eigenvalue weighted by Crippen LogP contribution is 2.29. The van der Waals surface area contributed by atoms with E-state index in [1.807, 2.05) is 0 Å². The lowest BCUT2D eigenvalue weighted by atomic mass is 9.99. The van der Waals surface area contributed by atoms with Gasteiger partial charge in [-0.1, -0.05) is 44.9 Å². The van der Waals surface area contributed by atoms with E-state index >= 15 is 0 Å². The van der Waals surface area contributed by atoms with Crippen LogP contribution in [-0.2, 0) is 0 Å². The number of para-hydroxylation sites is 1. The molecule has 1 aromatic rings. The largest absolute Gasteiger partial charge is 0.434 e. The molecule has 0 saturated heterocycles. The minimum absolute atomic E-state index is 0.0598. The first-order chi connectivity index (χ1) is 8.50. The van der Waals surface area contributed by atoms with Crippen LogP contribution in [0.3, 0.4) is 0 Å². The minimum Gasteiger partial charge on any atom is -0.434 e. The summed E-state index contributed by atoms with van der Waals surface area (Å²) in [6.45, 7) is 1.36. The van der Waals surface area contributed by atoms with Gasteiger partial charge in [0.25, 0.3) is 0 Å². The van der Waals surface area contributed by atoms with Crippen LogP contribution >= 0.6 is 0 Å². The lowest BCUT2D eigenvalue weighted by Gasteiger charge is -2.16. The van der Waals surface area contributed by atoms with Gasteiger partial charge in [-0.15, -0.1) is 0 Å². The van der Waals surface area contributed by atoms with Crippen LogP contribution in [0.25, 0.3) is 0 Å². The summed E-state index contributed by atoms with van der Waals surface area (Å²) in [5.41, 5.74) is 0.432. The van der Waals surface area contributed by atoms with E-state index < -0.39 is 12.7 Å². The Bertz CT molecular complexity index is 353. The molecule has 1 aromatic carbocycles. The van der Waals surface area contributed by atoms with Crippen LogP contribution in [0.2, 0.25) is 0 Å². The number of ether oxygens (including phenoxy) is 1. The smallest absolute Gasteiger partial charge is 0.387 e. The molecule has 0 aromatic heterocycles. The van der Waals surface area contributed by atoms with Crippen molar-refractivity contribution in [3.63, 3.8) is 0 Å².